The first-order chi connectivity index (χ1) is 10.3. The number of nitrogens with zero attached hydrogens (tertiary/aromatic N) is 2. The number of hydrogen-bond donors (Lipinski definition) is 2. The van der Waals surface area contributed by atoms with Crippen LogP contribution in [-0.4, -0.2) is 22.6 Å². The Morgan fingerprint density at radius 3 is 2.90 bits per heavy atom. The maximum Gasteiger partial charge on any atom is 0.226 e. The number of aromatic nitrogens is 2. The van der Waals surface area contributed by atoms with Crippen LogP contribution < -0.4 is 10.6 Å². The Labute approximate surface area is 132 Å². The summed E-state index contributed by atoms with van der Waals surface area (Å²) in [5.74, 6) is 1.61. The largest absolute Gasteiger partial charge is 0.367 e. The molecule has 3 heterocycles. The first kappa shape index (κ1) is 14.3. The number of rotatable bonds is 6. The van der Waals surface area contributed by atoms with Gasteiger partial charge in [-0.25, -0.2) is 4.98 Å². The number of nitrogens with one attached hydrogen (secondary N) is 2. The Morgan fingerprint density at radius 1 is 1.24 bits per heavy atom. The fourth-order valence-corrected chi connectivity index (χ4v) is 3.69. The van der Waals surface area contributed by atoms with E-state index in [1.54, 1.807) is 22.7 Å². The fraction of sp³-hybridized carbons (Fsp3) is 0.333. The van der Waals surface area contributed by atoms with E-state index < -0.39 is 0 Å². The Kier molecular flexibility index (Phi) is 4.36. The first-order valence-corrected chi connectivity index (χ1v) is 8.85. The molecular weight excluding hydrogens is 300 g/mol. The topological polar surface area (TPSA) is 49.8 Å². The first-order valence-electron chi connectivity index (χ1n) is 7.03. The monoisotopic (exact) mass is 318 g/mol. The molecule has 3 aromatic rings. The Morgan fingerprint density at radius 2 is 2.14 bits per heavy atom. The lowest BCUT2D eigenvalue weighted by Gasteiger charge is -2.15. The average Bonchev–Trinajstić information content (AvgIpc) is 3.09. The van der Waals surface area contributed by atoms with Gasteiger partial charge in [-0.2, -0.15) is 16.3 Å². The highest BCUT2D eigenvalue weighted by molar-refractivity contribution is 7.16. The molecule has 6 heteroatoms. The molecule has 0 spiro atoms. The third-order valence-corrected chi connectivity index (χ3v) is 4.70. The van der Waals surface area contributed by atoms with Crippen LogP contribution in [0.1, 0.15) is 19.4 Å². The zero-order chi connectivity index (χ0) is 14.7. The van der Waals surface area contributed by atoms with Crippen LogP contribution in [0.25, 0.3) is 10.2 Å². The maximum atomic E-state index is 4.61. The van der Waals surface area contributed by atoms with E-state index in [9.17, 15) is 0 Å². The Balaban J connectivity index is 1.83. The molecule has 2 N–H and O–H groups in total. The van der Waals surface area contributed by atoms with Gasteiger partial charge in [0, 0.05) is 12.6 Å². The van der Waals surface area contributed by atoms with Crippen molar-refractivity contribution in [1.82, 2.24) is 9.97 Å². The van der Waals surface area contributed by atoms with Crippen molar-refractivity contribution < 1.29 is 0 Å². The normalized spacial score (nSPS) is 12.5. The lowest BCUT2D eigenvalue weighted by atomic mass is 10.1. The molecule has 4 nitrogen and oxygen atoms in total. The summed E-state index contributed by atoms with van der Waals surface area (Å²) in [4.78, 5) is 10.2. The third kappa shape index (κ3) is 3.33. The molecule has 0 aliphatic carbocycles. The smallest absolute Gasteiger partial charge is 0.226 e. The lowest BCUT2D eigenvalue weighted by Crippen LogP contribution is -2.19. The standard InChI is InChI=1S/C15H18N4S2/c1-3-16-15-18-13(12-5-7-21-14(12)19-15)17-10(2)8-11-4-6-20-9-11/h4-7,9-10H,3,8H2,1-2H3,(H2,16,17,18,19). The van der Waals surface area contributed by atoms with Crippen molar-refractivity contribution in [2.24, 2.45) is 0 Å². The van der Waals surface area contributed by atoms with Gasteiger partial charge in [0.2, 0.25) is 5.95 Å². The summed E-state index contributed by atoms with van der Waals surface area (Å²) in [7, 11) is 0. The molecule has 1 atom stereocenters. The van der Waals surface area contributed by atoms with Crippen molar-refractivity contribution in [3.63, 3.8) is 0 Å². The van der Waals surface area contributed by atoms with Gasteiger partial charge >= 0.3 is 0 Å². The van der Waals surface area contributed by atoms with E-state index in [-0.39, 0.29) is 0 Å². The van der Waals surface area contributed by atoms with Crippen LogP contribution in [0.3, 0.4) is 0 Å². The van der Waals surface area contributed by atoms with Crippen LogP contribution in [0.15, 0.2) is 28.3 Å². The molecule has 0 radical (unpaired) electrons. The number of thiophene rings is 2. The Hall–Kier alpha value is -1.66. The molecule has 0 saturated heterocycles. The van der Waals surface area contributed by atoms with Gasteiger partial charge in [-0.1, -0.05) is 0 Å². The van der Waals surface area contributed by atoms with E-state index in [0.717, 1.165) is 29.0 Å². The van der Waals surface area contributed by atoms with E-state index >= 15 is 0 Å². The molecule has 0 amide bonds. The number of fused-ring (bicyclic) bond motifs is 1. The van der Waals surface area contributed by atoms with E-state index in [1.807, 2.05) is 6.92 Å². The summed E-state index contributed by atoms with van der Waals surface area (Å²) in [6, 6.07) is 4.58. The van der Waals surface area contributed by atoms with E-state index in [4.69, 9.17) is 0 Å². The predicted octanol–water partition coefficient (Wildman–Crippen LogP) is 4.23. The van der Waals surface area contributed by atoms with Gasteiger partial charge in [-0.3, -0.25) is 0 Å². The zero-order valence-corrected chi connectivity index (χ0v) is 13.7. The van der Waals surface area contributed by atoms with Gasteiger partial charge in [-0.05, 0) is 54.1 Å². The highest BCUT2D eigenvalue weighted by Gasteiger charge is 2.11. The van der Waals surface area contributed by atoms with Gasteiger partial charge in [0.05, 0.1) is 5.39 Å². The molecule has 0 saturated carbocycles. The van der Waals surface area contributed by atoms with Gasteiger partial charge in [-0.15, -0.1) is 11.3 Å². The van der Waals surface area contributed by atoms with Gasteiger partial charge < -0.3 is 10.6 Å². The van der Waals surface area contributed by atoms with Crippen LogP contribution in [-0.2, 0) is 6.42 Å². The van der Waals surface area contributed by atoms with Crippen molar-refractivity contribution in [3.05, 3.63) is 33.8 Å². The quantitative estimate of drug-likeness (QED) is 0.714. The van der Waals surface area contributed by atoms with Gasteiger partial charge in [0.15, 0.2) is 0 Å². The van der Waals surface area contributed by atoms with Crippen LogP contribution in [0.4, 0.5) is 11.8 Å². The molecule has 0 aromatic carbocycles. The summed E-state index contributed by atoms with van der Waals surface area (Å²) in [5.41, 5.74) is 1.36. The van der Waals surface area contributed by atoms with Crippen molar-refractivity contribution >= 4 is 44.7 Å². The van der Waals surface area contributed by atoms with Crippen LogP contribution in [0.5, 0.6) is 0 Å². The average molecular weight is 318 g/mol. The second-order valence-corrected chi connectivity index (χ2v) is 6.62. The van der Waals surface area contributed by atoms with Crippen molar-refractivity contribution in [3.8, 4) is 0 Å². The SMILES string of the molecule is CCNc1nc(NC(C)Cc2ccsc2)c2ccsc2n1. The van der Waals surface area contributed by atoms with E-state index in [1.165, 1.54) is 5.56 Å². The van der Waals surface area contributed by atoms with Crippen molar-refractivity contribution in [2.75, 3.05) is 17.2 Å². The third-order valence-electron chi connectivity index (χ3n) is 3.17. The minimum absolute atomic E-state index is 0.326. The molecule has 21 heavy (non-hydrogen) atoms. The zero-order valence-electron chi connectivity index (χ0n) is 12.1. The summed E-state index contributed by atoms with van der Waals surface area (Å²) in [5, 5.41) is 14.2. The summed E-state index contributed by atoms with van der Waals surface area (Å²) in [6.45, 7) is 5.06. The molecule has 0 fully saturated rings. The molecule has 0 aliphatic rings. The highest BCUT2D eigenvalue weighted by Crippen LogP contribution is 2.27. The van der Waals surface area contributed by atoms with Crippen LogP contribution in [0.2, 0.25) is 0 Å². The molecule has 3 rings (SSSR count). The summed E-state index contributed by atoms with van der Waals surface area (Å²) in [6.07, 6.45) is 0.996. The molecule has 3 aromatic heterocycles. The molecule has 0 bridgehead atoms. The van der Waals surface area contributed by atoms with Crippen LogP contribution in [0, 0.1) is 0 Å². The van der Waals surface area contributed by atoms with Crippen molar-refractivity contribution in [1.29, 1.82) is 0 Å². The highest BCUT2D eigenvalue weighted by atomic mass is 32.1. The molecule has 0 aliphatic heterocycles. The predicted molar refractivity (Wildman–Crippen MR) is 92.7 cm³/mol. The van der Waals surface area contributed by atoms with Gasteiger partial charge in [0.25, 0.3) is 0 Å². The second-order valence-electron chi connectivity index (χ2n) is 4.95. The van der Waals surface area contributed by atoms with E-state index in [2.05, 4.69) is 55.8 Å². The minimum atomic E-state index is 0.326. The van der Waals surface area contributed by atoms with Crippen molar-refractivity contribution in [2.45, 2.75) is 26.3 Å². The Bertz CT molecular complexity index is 706. The number of anilines is 2. The molecule has 110 valence electrons. The molecular formula is C15H18N4S2. The molecule has 1 unspecified atom stereocenters. The van der Waals surface area contributed by atoms with Crippen LogP contribution >= 0.6 is 22.7 Å². The number of hydrogen-bond acceptors (Lipinski definition) is 6. The minimum Gasteiger partial charge on any atom is -0.367 e. The van der Waals surface area contributed by atoms with Gasteiger partial charge in [0.1, 0.15) is 10.6 Å². The summed E-state index contributed by atoms with van der Waals surface area (Å²) >= 11 is 3.38. The fourth-order valence-electron chi connectivity index (χ4n) is 2.25. The summed E-state index contributed by atoms with van der Waals surface area (Å²) < 4.78 is 0. The maximum absolute atomic E-state index is 4.61. The van der Waals surface area contributed by atoms with E-state index in [0.29, 0.717) is 12.0 Å². The second kappa shape index (κ2) is 6.41. The lowest BCUT2D eigenvalue weighted by molar-refractivity contribution is 0.788.